The highest BCUT2D eigenvalue weighted by atomic mass is 16.7. The fraction of sp³-hybridized carbons (Fsp3) is 0.562. The number of rotatable bonds is 2. The Morgan fingerprint density at radius 1 is 1.35 bits per heavy atom. The van der Waals surface area contributed by atoms with E-state index in [1.165, 1.54) is 0 Å². The second-order valence-electron chi connectivity index (χ2n) is 5.88. The van der Waals surface area contributed by atoms with Gasteiger partial charge in [-0.25, -0.2) is 0 Å². The van der Waals surface area contributed by atoms with Crippen molar-refractivity contribution in [1.82, 2.24) is 0 Å². The molecule has 3 atom stereocenters. The van der Waals surface area contributed by atoms with Gasteiger partial charge in [-0.15, -0.1) is 0 Å². The van der Waals surface area contributed by atoms with E-state index in [4.69, 9.17) is 14.2 Å². The monoisotopic (exact) mass is 276 g/mol. The molecule has 20 heavy (non-hydrogen) atoms. The first-order valence-electron chi connectivity index (χ1n) is 7.07. The summed E-state index contributed by atoms with van der Waals surface area (Å²) in [6, 6.07) is 3.88. The van der Waals surface area contributed by atoms with Crippen molar-refractivity contribution < 1.29 is 19.0 Å². The van der Waals surface area contributed by atoms with Crippen LogP contribution in [0.4, 0.5) is 0 Å². The normalized spacial score (nSPS) is 28.2. The van der Waals surface area contributed by atoms with Crippen LogP contribution in [0.1, 0.15) is 48.5 Å². The highest BCUT2D eigenvalue weighted by Gasteiger charge is 2.40. The number of methoxy groups -OCH3 is 1. The molecule has 1 aromatic carbocycles. The zero-order valence-corrected chi connectivity index (χ0v) is 12.3. The zero-order chi connectivity index (χ0) is 14.4. The zero-order valence-electron chi connectivity index (χ0n) is 12.3. The van der Waals surface area contributed by atoms with Crippen LogP contribution in [0, 0.1) is 5.92 Å². The van der Waals surface area contributed by atoms with Crippen LogP contribution in [0.15, 0.2) is 12.1 Å². The van der Waals surface area contributed by atoms with Gasteiger partial charge in [0.1, 0.15) is 5.75 Å². The first-order valence-corrected chi connectivity index (χ1v) is 7.07. The van der Waals surface area contributed by atoms with E-state index in [2.05, 4.69) is 0 Å². The van der Waals surface area contributed by atoms with Crippen LogP contribution in [0.25, 0.3) is 0 Å². The summed E-state index contributed by atoms with van der Waals surface area (Å²) >= 11 is 0. The van der Waals surface area contributed by atoms with Gasteiger partial charge in [0.05, 0.1) is 17.2 Å². The molecule has 0 amide bonds. The van der Waals surface area contributed by atoms with Crippen molar-refractivity contribution in [2.75, 3.05) is 7.11 Å². The van der Waals surface area contributed by atoms with Crippen LogP contribution in [0.3, 0.4) is 0 Å². The molecule has 1 aromatic rings. The standard InChI is InChI=1S/C16H20O4/c1-8(2)14-13(17)11-6-5-10-7-9(3)19-16(18-4)12(10)15(11)20-14/h5-6,8-9,14,16H,7H2,1-4H3/t9-,14+,16+/m1/s1. The summed E-state index contributed by atoms with van der Waals surface area (Å²) in [7, 11) is 1.61. The van der Waals surface area contributed by atoms with Gasteiger partial charge in [0.15, 0.2) is 12.4 Å². The summed E-state index contributed by atoms with van der Waals surface area (Å²) in [5.41, 5.74) is 2.69. The first-order chi connectivity index (χ1) is 9.52. The molecule has 0 spiro atoms. The Morgan fingerprint density at radius 2 is 2.10 bits per heavy atom. The van der Waals surface area contributed by atoms with Crippen LogP contribution >= 0.6 is 0 Å². The number of carbonyl (C=O) groups is 1. The molecule has 0 fully saturated rings. The van der Waals surface area contributed by atoms with E-state index in [0.29, 0.717) is 11.3 Å². The minimum atomic E-state index is -0.456. The maximum absolute atomic E-state index is 12.4. The Kier molecular flexibility index (Phi) is 3.30. The Bertz CT molecular complexity index is 550. The van der Waals surface area contributed by atoms with Gasteiger partial charge in [0.2, 0.25) is 5.78 Å². The molecular weight excluding hydrogens is 256 g/mol. The van der Waals surface area contributed by atoms with Crippen molar-refractivity contribution in [1.29, 1.82) is 0 Å². The summed E-state index contributed by atoms with van der Waals surface area (Å²) in [5, 5.41) is 0. The van der Waals surface area contributed by atoms with Crippen LogP contribution in [-0.2, 0) is 15.9 Å². The molecule has 0 N–H and O–H groups in total. The number of ketones is 1. The Morgan fingerprint density at radius 3 is 2.75 bits per heavy atom. The molecule has 0 saturated heterocycles. The highest BCUT2D eigenvalue weighted by Crippen LogP contribution is 2.43. The van der Waals surface area contributed by atoms with Gasteiger partial charge in [-0.2, -0.15) is 0 Å². The minimum absolute atomic E-state index is 0.0614. The van der Waals surface area contributed by atoms with Crippen LogP contribution < -0.4 is 4.74 Å². The third-order valence-electron chi connectivity index (χ3n) is 3.97. The summed E-state index contributed by atoms with van der Waals surface area (Å²) < 4.78 is 17.2. The maximum atomic E-state index is 12.4. The Labute approximate surface area is 119 Å². The molecule has 2 aliphatic rings. The van der Waals surface area contributed by atoms with E-state index in [1.807, 2.05) is 32.9 Å². The molecule has 108 valence electrons. The van der Waals surface area contributed by atoms with Crippen molar-refractivity contribution in [3.63, 3.8) is 0 Å². The number of fused-ring (bicyclic) bond motifs is 3. The van der Waals surface area contributed by atoms with Gasteiger partial charge < -0.3 is 14.2 Å². The van der Waals surface area contributed by atoms with Crippen molar-refractivity contribution in [3.05, 3.63) is 28.8 Å². The first kappa shape index (κ1) is 13.6. The highest BCUT2D eigenvalue weighted by molar-refractivity contribution is 6.05. The quantitative estimate of drug-likeness (QED) is 0.833. The predicted molar refractivity (Wildman–Crippen MR) is 74.0 cm³/mol. The van der Waals surface area contributed by atoms with E-state index in [1.54, 1.807) is 7.11 Å². The van der Waals surface area contributed by atoms with Crippen molar-refractivity contribution in [2.45, 2.75) is 45.7 Å². The third-order valence-corrected chi connectivity index (χ3v) is 3.97. The molecule has 0 radical (unpaired) electrons. The molecule has 2 heterocycles. The lowest BCUT2D eigenvalue weighted by atomic mass is 9.93. The predicted octanol–water partition coefficient (Wildman–Crippen LogP) is 2.89. The molecule has 2 aliphatic heterocycles. The number of hydrogen-bond donors (Lipinski definition) is 0. The van der Waals surface area contributed by atoms with Gasteiger partial charge in [-0.1, -0.05) is 19.9 Å². The summed E-state index contributed by atoms with van der Waals surface area (Å²) in [6.45, 7) is 6.01. The lowest BCUT2D eigenvalue weighted by molar-refractivity contribution is -0.164. The average molecular weight is 276 g/mol. The second kappa shape index (κ2) is 4.86. The van der Waals surface area contributed by atoms with E-state index >= 15 is 0 Å². The van der Waals surface area contributed by atoms with E-state index < -0.39 is 12.4 Å². The van der Waals surface area contributed by atoms with Gasteiger partial charge in [0, 0.05) is 7.11 Å². The fourth-order valence-electron chi connectivity index (χ4n) is 2.98. The molecule has 0 aliphatic carbocycles. The molecule has 4 nitrogen and oxygen atoms in total. The molecule has 0 aromatic heterocycles. The van der Waals surface area contributed by atoms with Gasteiger partial charge in [-0.3, -0.25) is 4.79 Å². The number of hydrogen-bond acceptors (Lipinski definition) is 4. The minimum Gasteiger partial charge on any atom is -0.481 e. The summed E-state index contributed by atoms with van der Waals surface area (Å²) in [6.07, 6.45) is 0.0612. The Balaban J connectivity index is 2.10. The number of carbonyl (C=O) groups excluding carboxylic acids is 1. The summed E-state index contributed by atoms with van der Waals surface area (Å²) in [5.74, 6) is 0.867. The number of Topliss-reactive ketones (excluding diaryl/α,β-unsaturated/α-hetero) is 1. The van der Waals surface area contributed by atoms with Gasteiger partial charge in [-0.05, 0) is 30.9 Å². The smallest absolute Gasteiger partial charge is 0.207 e. The number of ether oxygens (including phenoxy) is 3. The largest absolute Gasteiger partial charge is 0.481 e. The Hall–Kier alpha value is -1.39. The van der Waals surface area contributed by atoms with Crippen LogP contribution in [0.2, 0.25) is 0 Å². The maximum Gasteiger partial charge on any atom is 0.207 e. The van der Waals surface area contributed by atoms with E-state index in [9.17, 15) is 4.79 Å². The van der Waals surface area contributed by atoms with Gasteiger partial charge in [0.25, 0.3) is 0 Å². The van der Waals surface area contributed by atoms with Crippen LogP contribution in [0.5, 0.6) is 5.75 Å². The second-order valence-corrected chi connectivity index (χ2v) is 5.88. The van der Waals surface area contributed by atoms with E-state index in [0.717, 1.165) is 17.5 Å². The third kappa shape index (κ3) is 1.95. The molecular formula is C16H20O4. The van der Waals surface area contributed by atoms with Crippen molar-refractivity contribution in [2.24, 2.45) is 5.92 Å². The lowest BCUT2D eigenvalue weighted by Crippen LogP contribution is -2.27. The molecule has 0 saturated carbocycles. The molecule has 4 heteroatoms. The van der Waals surface area contributed by atoms with E-state index in [-0.39, 0.29) is 17.8 Å². The van der Waals surface area contributed by atoms with Gasteiger partial charge >= 0.3 is 0 Å². The SMILES string of the molecule is CO[C@H]1O[C@H](C)Cc2ccc3c(c21)O[C@@H](C(C)C)C3=O. The molecule has 3 rings (SSSR count). The molecule has 0 unspecified atom stereocenters. The van der Waals surface area contributed by atoms with Crippen LogP contribution in [-0.4, -0.2) is 25.1 Å². The van der Waals surface area contributed by atoms with Crippen molar-refractivity contribution >= 4 is 5.78 Å². The average Bonchev–Trinajstić information content (AvgIpc) is 2.75. The topological polar surface area (TPSA) is 44.8 Å². The fourth-order valence-corrected chi connectivity index (χ4v) is 2.98. The van der Waals surface area contributed by atoms with Crippen molar-refractivity contribution in [3.8, 4) is 5.75 Å². The lowest BCUT2D eigenvalue weighted by Gasteiger charge is -2.30. The molecule has 0 bridgehead atoms. The summed E-state index contributed by atoms with van der Waals surface area (Å²) in [4.78, 5) is 12.4. The number of benzene rings is 1.